The summed E-state index contributed by atoms with van der Waals surface area (Å²) in [4.78, 5) is 0. The number of hydrogen-bond donors (Lipinski definition) is 3. The van der Waals surface area contributed by atoms with Crippen LogP contribution in [0.4, 0.5) is 0 Å². The Morgan fingerprint density at radius 2 is 1.07 bits per heavy atom. The van der Waals surface area contributed by atoms with Gasteiger partial charge in [0.1, 0.15) is 0 Å². The number of halogens is 1. The first-order valence-corrected chi connectivity index (χ1v) is 4.02. The Hall–Kier alpha value is 4.17. The van der Waals surface area contributed by atoms with E-state index in [-0.39, 0.29) is 131 Å². The summed E-state index contributed by atoms with van der Waals surface area (Å²) < 4.78 is 0. The SMILES string of the molecule is Cl.NCCCCNCCCN.[NaH].[NaH].[NaH].[NaH]. The number of rotatable bonds is 7. The summed E-state index contributed by atoms with van der Waals surface area (Å²) in [5, 5.41) is 3.29. The quantitative estimate of drug-likeness (QED) is 0.356. The molecule has 0 saturated carbocycles. The van der Waals surface area contributed by atoms with Crippen molar-refractivity contribution in [1.29, 1.82) is 0 Å². The average molecular weight is 278 g/mol. The fourth-order valence-corrected chi connectivity index (χ4v) is 0.746. The molecule has 0 aromatic rings. The van der Waals surface area contributed by atoms with Crippen LogP contribution in [0.25, 0.3) is 0 Å². The summed E-state index contributed by atoms with van der Waals surface area (Å²) in [6.45, 7) is 3.71. The van der Waals surface area contributed by atoms with Gasteiger partial charge in [0.05, 0.1) is 0 Å². The van der Waals surface area contributed by atoms with Gasteiger partial charge in [0.15, 0.2) is 0 Å². The summed E-state index contributed by atoms with van der Waals surface area (Å²) in [7, 11) is 0. The molecule has 0 amide bonds. The summed E-state index contributed by atoms with van der Waals surface area (Å²) in [5.41, 5.74) is 10.6. The van der Waals surface area contributed by atoms with E-state index in [1.807, 2.05) is 0 Å². The Balaban J connectivity index is -0.0000000405. The summed E-state index contributed by atoms with van der Waals surface area (Å²) >= 11 is 0. The van der Waals surface area contributed by atoms with E-state index in [0.29, 0.717) is 0 Å². The second-order valence-corrected chi connectivity index (χ2v) is 2.39. The van der Waals surface area contributed by atoms with E-state index in [0.717, 1.165) is 39.0 Å². The van der Waals surface area contributed by atoms with Crippen molar-refractivity contribution in [2.24, 2.45) is 11.5 Å². The van der Waals surface area contributed by atoms with Crippen LogP contribution < -0.4 is 16.8 Å². The molecule has 0 fully saturated rings. The Bertz CT molecular complexity index is 66.2. The molecule has 0 aliphatic carbocycles. The minimum absolute atomic E-state index is 0. The molecule has 0 unspecified atom stereocenters. The minimum atomic E-state index is 0. The van der Waals surface area contributed by atoms with Gasteiger partial charge in [-0.05, 0) is 45.4 Å². The predicted molar refractivity (Wildman–Crippen MR) is 80.7 cm³/mol. The van der Waals surface area contributed by atoms with Gasteiger partial charge in [0, 0.05) is 0 Å². The third-order valence-electron chi connectivity index (χ3n) is 1.37. The van der Waals surface area contributed by atoms with Crippen LogP contribution in [0.2, 0.25) is 0 Å². The van der Waals surface area contributed by atoms with Crippen molar-refractivity contribution in [2.45, 2.75) is 19.3 Å². The molecule has 8 heteroatoms. The number of hydrogen-bond acceptors (Lipinski definition) is 3. The van der Waals surface area contributed by atoms with Gasteiger partial charge in [-0.1, -0.05) is 0 Å². The summed E-state index contributed by atoms with van der Waals surface area (Å²) in [5.74, 6) is 0. The van der Waals surface area contributed by atoms with Gasteiger partial charge in [0.2, 0.25) is 0 Å². The summed E-state index contributed by atoms with van der Waals surface area (Å²) in [6.07, 6.45) is 3.37. The van der Waals surface area contributed by atoms with E-state index >= 15 is 0 Å². The van der Waals surface area contributed by atoms with Crippen molar-refractivity contribution >= 4 is 131 Å². The maximum absolute atomic E-state index is 5.32. The molecule has 5 N–H and O–H groups in total. The van der Waals surface area contributed by atoms with Crippen LogP contribution in [0.15, 0.2) is 0 Å². The monoisotopic (exact) mass is 277 g/mol. The van der Waals surface area contributed by atoms with Crippen molar-refractivity contribution in [1.82, 2.24) is 5.32 Å². The Morgan fingerprint density at radius 3 is 1.47 bits per heavy atom. The molecule has 78 valence electrons. The first-order chi connectivity index (χ1) is 4.91. The van der Waals surface area contributed by atoms with Crippen molar-refractivity contribution in [2.75, 3.05) is 26.2 Å². The van der Waals surface area contributed by atoms with Crippen molar-refractivity contribution < 1.29 is 0 Å². The molecule has 0 bridgehead atoms. The maximum atomic E-state index is 5.32. The molecule has 0 aromatic heterocycles. The van der Waals surface area contributed by atoms with E-state index in [4.69, 9.17) is 11.5 Å². The van der Waals surface area contributed by atoms with Crippen LogP contribution in [-0.2, 0) is 0 Å². The molecule has 0 radical (unpaired) electrons. The van der Waals surface area contributed by atoms with Crippen LogP contribution in [0, 0.1) is 0 Å². The normalized spacial score (nSPS) is 6.80. The molecule has 0 atom stereocenters. The molecule has 0 heterocycles. The third kappa shape index (κ3) is 38.1. The van der Waals surface area contributed by atoms with Gasteiger partial charge in [0.25, 0.3) is 0 Å². The third-order valence-corrected chi connectivity index (χ3v) is 1.37. The number of nitrogens with two attached hydrogens (primary N) is 2. The molecule has 0 aromatic carbocycles. The fourth-order valence-electron chi connectivity index (χ4n) is 0.746. The van der Waals surface area contributed by atoms with E-state index in [1.165, 1.54) is 6.42 Å². The van der Waals surface area contributed by atoms with Crippen LogP contribution in [0.3, 0.4) is 0 Å². The first-order valence-electron chi connectivity index (χ1n) is 4.02. The van der Waals surface area contributed by atoms with Gasteiger partial charge >= 0.3 is 118 Å². The molecule has 0 aliphatic rings. The van der Waals surface area contributed by atoms with E-state index in [1.54, 1.807) is 0 Å². The zero-order chi connectivity index (χ0) is 7.66. The Kier molecular flexibility index (Phi) is 88.0. The van der Waals surface area contributed by atoms with Gasteiger partial charge < -0.3 is 16.8 Å². The fraction of sp³-hybridized carbons (Fsp3) is 1.00. The van der Waals surface area contributed by atoms with Gasteiger partial charge in [-0.2, -0.15) is 0 Å². The molecule has 0 aliphatic heterocycles. The van der Waals surface area contributed by atoms with Gasteiger partial charge in [-0.15, -0.1) is 12.4 Å². The zero-order valence-electron chi connectivity index (χ0n) is 7.01. The van der Waals surface area contributed by atoms with Crippen molar-refractivity contribution in [3.05, 3.63) is 0 Å². The molecule has 15 heavy (non-hydrogen) atoms. The Morgan fingerprint density at radius 1 is 0.667 bits per heavy atom. The summed E-state index contributed by atoms with van der Waals surface area (Å²) in [6, 6.07) is 0. The first kappa shape index (κ1) is 36.5. The molecular formula is C7H24ClN3Na4. The second-order valence-electron chi connectivity index (χ2n) is 2.39. The molecule has 3 nitrogen and oxygen atoms in total. The Labute approximate surface area is 189 Å². The number of nitrogens with one attached hydrogen (secondary N) is 1. The van der Waals surface area contributed by atoms with Crippen LogP contribution >= 0.6 is 12.4 Å². The topological polar surface area (TPSA) is 64.1 Å². The molecule has 0 spiro atoms. The number of unbranched alkanes of at least 4 members (excludes halogenated alkanes) is 1. The molecular weight excluding hydrogens is 254 g/mol. The predicted octanol–water partition coefficient (Wildman–Crippen LogP) is -2.51. The van der Waals surface area contributed by atoms with Crippen LogP contribution in [0.5, 0.6) is 0 Å². The van der Waals surface area contributed by atoms with E-state index in [2.05, 4.69) is 5.32 Å². The van der Waals surface area contributed by atoms with Crippen LogP contribution in [-0.4, -0.2) is 144 Å². The van der Waals surface area contributed by atoms with Gasteiger partial charge in [-0.25, -0.2) is 0 Å². The van der Waals surface area contributed by atoms with Crippen molar-refractivity contribution in [3.63, 3.8) is 0 Å². The standard InChI is InChI=1S/C7H19N3.ClH.4Na.4H/c8-4-1-2-6-10-7-3-5-9;;;;;;;;;/h10H,1-9H2;1H;;;;;;;;. The van der Waals surface area contributed by atoms with E-state index < -0.39 is 0 Å². The van der Waals surface area contributed by atoms with E-state index in [9.17, 15) is 0 Å². The van der Waals surface area contributed by atoms with Gasteiger partial charge in [-0.3, -0.25) is 0 Å². The van der Waals surface area contributed by atoms with Crippen molar-refractivity contribution in [3.8, 4) is 0 Å². The average Bonchev–Trinajstić information content (AvgIpc) is 1.97. The molecule has 0 rings (SSSR count). The second kappa shape index (κ2) is 36.2. The van der Waals surface area contributed by atoms with Crippen LogP contribution in [0.1, 0.15) is 19.3 Å². The molecule has 0 saturated heterocycles. The zero-order valence-corrected chi connectivity index (χ0v) is 7.83.